The molecule has 0 N–H and O–H groups in total. The summed E-state index contributed by atoms with van der Waals surface area (Å²) in [4.78, 5) is 21.4. The van der Waals surface area contributed by atoms with Crippen molar-refractivity contribution in [2.45, 2.75) is 26.9 Å². The molecular weight excluding hydrogens is 378 g/mol. The van der Waals surface area contributed by atoms with E-state index in [-0.39, 0.29) is 5.91 Å². The van der Waals surface area contributed by atoms with Gasteiger partial charge in [0.05, 0.1) is 17.1 Å². The SMILES string of the molecule is Cc1nn(-c2ccccn2)c(C)c1N1CCN(C(=O)C(C)Oc2ccccc2)CC1. The highest BCUT2D eigenvalue weighted by Gasteiger charge is 2.28. The van der Waals surface area contributed by atoms with Crippen molar-refractivity contribution in [2.75, 3.05) is 31.1 Å². The van der Waals surface area contributed by atoms with Gasteiger partial charge in [-0.2, -0.15) is 5.10 Å². The number of benzene rings is 1. The number of piperazine rings is 1. The third kappa shape index (κ3) is 4.01. The maximum Gasteiger partial charge on any atom is 0.263 e. The second-order valence-corrected chi connectivity index (χ2v) is 7.50. The minimum atomic E-state index is -0.505. The zero-order chi connectivity index (χ0) is 21.1. The highest BCUT2D eigenvalue weighted by molar-refractivity contribution is 5.81. The number of hydrogen-bond acceptors (Lipinski definition) is 5. The van der Waals surface area contributed by atoms with E-state index in [0.29, 0.717) is 18.8 Å². The Labute approximate surface area is 176 Å². The molecule has 0 saturated carbocycles. The standard InChI is InChI=1S/C23H27N5O2/c1-17-22(18(2)28(25-17)21-11-7-8-12-24-21)26-13-15-27(16-14-26)23(29)19(3)30-20-9-5-4-6-10-20/h4-12,19H,13-16H2,1-3H3. The molecule has 7 heteroatoms. The lowest BCUT2D eigenvalue weighted by Crippen LogP contribution is -2.52. The van der Waals surface area contributed by atoms with E-state index in [2.05, 4.69) is 16.8 Å². The fourth-order valence-corrected chi connectivity index (χ4v) is 3.96. The first-order valence-electron chi connectivity index (χ1n) is 10.3. The number of ether oxygens (including phenoxy) is 1. The number of carbonyl (C=O) groups excluding carboxylic acids is 1. The summed E-state index contributed by atoms with van der Waals surface area (Å²) in [5.41, 5.74) is 3.16. The van der Waals surface area contributed by atoms with Gasteiger partial charge in [0.1, 0.15) is 5.75 Å². The van der Waals surface area contributed by atoms with Crippen molar-refractivity contribution in [1.82, 2.24) is 19.7 Å². The average molecular weight is 406 g/mol. The molecule has 0 radical (unpaired) electrons. The number of aryl methyl sites for hydroxylation is 1. The first-order valence-corrected chi connectivity index (χ1v) is 10.3. The smallest absolute Gasteiger partial charge is 0.263 e. The van der Waals surface area contributed by atoms with Crippen LogP contribution in [0.3, 0.4) is 0 Å². The second-order valence-electron chi connectivity index (χ2n) is 7.50. The number of pyridine rings is 1. The van der Waals surface area contributed by atoms with Crippen LogP contribution in [-0.4, -0.2) is 57.9 Å². The van der Waals surface area contributed by atoms with Crippen LogP contribution < -0.4 is 9.64 Å². The van der Waals surface area contributed by atoms with Gasteiger partial charge >= 0.3 is 0 Å². The Morgan fingerprint density at radius 2 is 1.70 bits per heavy atom. The minimum Gasteiger partial charge on any atom is -0.481 e. The number of nitrogens with zero attached hydrogens (tertiary/aromatic N) is 5. The number of rotatable bonds is 5. The number of amides is 1. The molecule has 0 aliphatic carbocycles. The Bertz CT molecular complexity index is 995. The minimum absolute atomic E-state index is 0.0242. The van der Waals surface area contributed by atoms with E-state index in [1.165, 1.54) is 0 Å². The van der Waals surface area contributed by atoms with Crippen LogP contribution in [0.1, 0.15) is 18.3 Å². The van der Waals surface area contributed by atoms with Gasteiger partial charge in [-0.05, 0) is 45.0 Å². The van der Waals surface area contributed by atoms with Crippen molar-refractivity contribution >= 4 is 11.6 Å². The van der Waals surface area contributed by atoms with Gasteiger partial charge in [0.2, 0.25) is 0 Å². The van der Waals surface area contributed by atoms with E-state index in [0.717, 1.165) is 36.0 Å². The molecule has 1 aliphatic rings. The molecule has 1 aliphatic heterocycles. The molecule has 156 valence electrons. The van der Waals surface area contributed by atoms with Crippen LogP contribution in [0.25, 0.3) is 5.82 Å². The predicted molar refractivity (Wildman–Crippen MR) is 116 cm³/mol. The first kappa shape index (κ1) is 19.9. The Balaban J connectivity index is 1.41. The van der Waals surface area contributed by atoms with Crippen molar-refractivity contribution in [1.29, 1.82) is 0 Å². The number of para-hydroxylation sites is 1. The van der Waals surface area contributed by atoms with E-state index in [9.17, 15) is 4.79 Å². The van der Waals surface area contributed by atoms with Gasteiger partial charge in [-0.3, -0.25) is 4.79 Å². The van der Waals surface area contributed by atoms with Crippen LogP contribution in [0.2, 0.25) is 0 Å². The van der Waals surface area contributed by atoms with Crippen molar-refractivity contribution in [3.8, 4) is 11.6 Å². The summed E-state index contributed by atoms with van der Waals surface area (Å²) in [6.07, 6.45) is 1.27. The quantitative estimate of drug-likeness (QED) is 0.653. The van der Waals surface area contributed by atoms with Crippen molar-refractivity contribution < 1.29 is 9.53 Å². The van der Waals surface area contributed by atoms with Gasteiger partial charge in [-0.1, -0.05) is 24.3 Å². The summed E-state index contributed by atoms with van der Waals surface area (Å²) in [6, 6.07) is 15.3. The Morgan fingerprint density at radius 1 is 1.00 bits per heavy atom. The summed E-state index contributed by atoms with van der Waals surface area (Å²) in [6.45, 7) is 8.75. The topological polar surface area (TPSA) is 63.5 Å². The summed E-state index contributed by atoms with van der Waals surface area (Å²) in [7, 11) is 0. The number of hydrogen-bond donors (Lipinski definition) is 0. The largest absolute Gasteiger partial charge is 0.481 e. The van der Waals surface area contributed by atoms with E-state index in [4.69, 9.17) is 9.84 Å². The van der Waals surface area contributed by atoms with Crippen LogP contribution in [0, 0.1) is 13.8 Å². The molecule has 2 aromatic heterocycles. The van der Waals surface area contributed by atoms with Gasteiger partial charge in [0, 0.05) is 32.4 Å². The Kier molecular flexibility index (Phi) is 5.70. The zero-order valence-electron chi connectivity index (χ0n) is 17.7. The first-order chi connectivity index (χ1) is 14.5. The molecule has 7 nitrogen and oxygen atoms in total. The molecular formula is C23H27N5O2. The summed E-state index contributed by atoms with van der Waals surface area (Å²) in [5, 5.41) is 4.70. The normalized spacial score (nSPS) is 15.2. The molecule has 0 spiro atoms. The summed E-state index contributed by atoms with van der Waals surface area (Å²) < 4.78 is 7.69. The number of carbonyl (C=O) groups is 1. The van der Waals surface area contributed by atoms with Crippen molar-refractivity contribution in [3.63, 3.8) is 0 Å². The number of anilines is 1. The number of aromatic nitrogens is 3. The Morgan fingerprint density at radius 3 is 2.37 bits per heavy atom. The summed E-state index contributed by atoms with van der Waals surface area (Å²) >= 11 is 0. The fourth-order valence-electron chi connectivity index (χ4n) is 3.96. The maximum atomic E-state index is 12.8. The molecule has 4 rings (SSSR count). The molecule has 30 heavy (non-hydrogen) atoms. The van der Waals surface area contributed by atoms with Crippen molar-refractivity contribution in [2.24, 2.45) is 0 Å². The third-order valence-electron chi connectivity index (χ3n) is 5.43. The molecule has 1 amide bonds. The van der Waals surface area contributed by atoms with Crippen molar-refractivity contribution in [3.05, 3.63) is 66.1 Å². The third-order valence-corrected chi connectivity index (χ3v) is 5.43. The lowest BCUT2D eigenvalue weighted by molar-refractivity contribution is -0.138. The zero-order valence-corrected chi connectivity index (χ0v) is 17.7. The van der Waals surface area contributed by atoms with Crippen LogP contribution in [-0.2, 0) is 4.79 Å². The van der Waals surface area contributed by atoms with Gasteiger partial charge < -0.3 is 14.5 Å². The predicted octanol–water partition coefficient (Wildman–Crippen LogP) is 3.00. The fraction of sp³-hybridized carbons (Fsp3) is 0.348. The lowest BCUT2D eigenvalue weighted by Gasteiger charge is -2.37. The van der Waals surface area contributed by atoms with E-state index < -0.39 is 6.10 Å². The molecule has 1 atom stereocenters. The molecule has 1 saturated heterocycles. The molecule has 3 heterocycles. The molecule has 1 aromatic carbocycles. The molecule has 1 fully saturated rings. The second kappa shape index (κ2) is 8.57. The average Bonchev–Trinajstić information content (AvgIpc) is 3.08. The van der Waals surface area contributed by atoms with Gasteiger partial charge in [0.15, 0.2) is 11.9 Å². The monoisotopic (exact) mass is 405 g/mol. The molecule has 1 unspecified atom stereocenters. The Hall–Kier alpha value is -3.35. The van der Waals surface area contributed by atoms with Crippen LogP contribution in [0.15, 0.2) is 54.7 Å². The summed E-state index contributed by atoms with van der Waals surface area (Å²) in [5.74, 6) is 1.55. The molecule has 3 aromatic rings. The van der Waals surface area contributed by atoms with Crippen LogP contribution >= 0.6 is 0 Å². The maximum absolute atomic E-state index is 12.8. The van der Waals surface area contributed by atoms with Gasteiger partial charge in [0.25, 0.3) is 5.91 Å². The van der Waals surface area contributed by atoms with Crippen LogP contribution in [0.4, 0.5) is 5.69 Å². The van der Waals surface area contributed by atoms with E-state index in [1.807, 2.05) is 72.0 Å². The lowest BCUT2D eigenvalue weighted by atomic mass is 10.2. The van der Waals surface area contributed by atoms with Crippen LogP contribution in [0.5, 0.6) is 5.75 Å². The van der Waals surface area contributed by atoms with Gasteiger partial charge in [-0.25, -0.2) is 9.67 Å². The highest BCUT2D eigenvalue weighted by atomic mass is 16.5. The van der Waals surface area contributed by atoms with E-state index in [1.54, 1.807) is 6.20 Å². The van der Waals surface area contributed by atoms with E-state index >= 15 is 0 Å². The van der Waals surface area contributed by atoms with Gasteiger partial charge in [-0.15, -0.1) is 0 Å². The highest BCUT2D eigenvalue weighted by Crippen LogP contribution is 2.27. The molecule has 0 bridgehead atoms.